The molecule has 0 saturated carbocycles. The normalized spacial score (nSPS) is 12.3. The number of nitrogens with one attached hydrogen (secondary N) is 1. The highest BCUT2D eigenvalue weighted by Gasteiger charge is 2.19. The zero-order chi connectivity index (χ0) is 15.1. The summed E-state index contributed by atoms with van der Waals surface area (Å²) in [6.07, 6.45) is 2.24. The van der Waals surface area contributed by atoms with Crippen LogP contribution in [0.5, 0.6) is 0 Å². The van der Waals surface area contributed by atoms with Crippen molar-refractivity contribution in [3.63, 3.8) is 0 Å². The molecule has 112 valence electrons. The minimum absolute atomic E-state index is 0.0123. The van der Waals surface area contributed by atoms with Crippen molar-refractivity contribution in [2.24, 2.45) is 0 Å². The number of amides is 1. The van der Waals surface area contributed by atoms with Crippen LogP contribution in [0.2, 0.25) is 0 Å². The first-order valence-electron chi connectivity index (χ1n) is 6.76. The molecule has 6 heteroatoms. The van der Waals surface area contributed by atoms with Gasteiger partial charge in [0.05, 0.1) is 6.54 Å². The van der Waals surface area contributed by atoms with Crippen molar-refractivity contribution >= 4 is 22.4 Å². The van der Waals surface area contributed by atoms with Crippen molar-refractivity contribution < 1.29 is 9.90 Å². The number of thiazole rings is 1. The van der Waals surface area contributed by atoms with Gasteiger partial charge in [0.1, 0.15) is 0 Å². The third-order valence-corrected chi connectivity index (χ3v) is 3.88. The molecular weight excluding hydrogens is 286 g/mol. The number of anilines is 1. The highest BCUT2D eigenvalue weighted by atomic mass is 32.1. The van der Waals surface area contributed by atoms with Crippen molar-refractivity contribution in [1.82, 2.24) is 9.88 Å². The Morgan fingerprint density at radius 1 is 1.43 bits per heavy atom. The van der Waals surface area contributed by atoms with E-state index in [1.54, 1.807) is 6.20 Å². The molecule has 1 amide bonds. The number of aromatic nitrogens is 1. The molecule has 2 rings (SSSR count). The Morgan fingerprint density at radius 2 is 2.19 bits per heavy atom. The first-order chi connectivity index (χ1) is 10.2. The van der Waals surface area contributed by atoms with E-state index in [-0.39, 0.29) is 25.1 Å². The lowest BCUT2D eigenvalue weighted by Gasteiger charge is -2.27. The number of hydrogen-bond donors (Lipinski definition) is 2. The van der Waals surface area contributed by atoms with Gasteiger partial charge >= 0.3 is 0 Å². The van der Waals surface area contributed by atoms with Crippen LogP contribution in [-0.4, -0.2) is 41.1 Å². The van der Waals surface area contributed by atoms with Gasteiger partial charge in [-0.3, -0.25) is 9.69 Å². The average molecular weight is 305 g/mol. The highest BCUT2D eigenvalue weighted by molar-refractivity contribution is 7.13. The van der Waals surface area contributed by atoms with E-state index in [1.165, 1.54) is 11.3 Å². The van der Waals surface area contributed by atoms with Gasteiger partial charge in [-0.1, -0.05) is 30.3 Å². The maximum absolute atomic E-state index is 12.0. The van der Waals surface area contributed by atoms with Crippen molar-refractivity contribution in [1.29, 1.82) is 0 Å². The number of aliphatic hydroxyl groups excluding tert-OH is 1. The third kappa shape index (κ3) is 4.63. The predicted molar refractivity (Wildman–Crippen MR) is 84.3 cm³/mol. The monoisotopic (exact) mass is 305 g/mol. The number of carbonyl (C=O) groups excluding carboxylic acids is 1. The minimum Gasteiger partial charge on any atom is -0.396 e. The summed E-state index contributed by atoms with van der Waals surface area (Å²) in [5, 5.41) is 14.4. The number of hydrogen-bond acceptors (Lipinski definition) is 5. The van der Waals surface area contributed by atoms with Gasteiger partial charge in [-0.25, -0.2) is 4.98 Å². The predicted octanol–water partition coefficient (Wildman–Crippen LogP) is 2.14. The Morgan fingerprint density at radius 3 is 2.81 bits per heavy atom. The second kappa shape index (κ2) is 7.87. The molecule has 2 N–H and O–H groups in total. The Balaban J connectivity index is 1.98. The minimum atomic E-state index is -0.105. The van der Waals surface area contributed by atoms with Crippen LogP contribution in [0.4, 0.5) is 5.13 Å². The zero-order valence-electron chi connectivity index (χ0n) is 11.9. The summed E-state index contributed by atoms with van der Waals surface area (Å²) in [6.45, 7) is 0.330. The molecule has 0 aliphatic heterocycles. The zero-order valence-corrected chi connectivity index (χ0v) is 12.7. The summed E-state index contributed by atoms with van der Waals surface area (Å²) in [7, 11) is 1.88. The fourth-order valence-electron chi connectivity index (χ4n) is 2.22. The number of carbonyl (C=O) groups is 1. The van der Waals surface area contributed by atoms with Gasteiger partial charge in [0.2, 0.25) is 5.91 Å². The number of benzene rings is 1. The van der Waals surface area contributed by atoms with E-state index >= 15 is 0 Å². The molecule has 1 aromatic carbocycles. The van der Waals surface area contributed by atoms with Crippen LogP contribution in [0, 0.1) is 0 Å². The number of likely N-dealkylation sites (N-methyl/N-ethyl adjacent to an activating group) is 1. The van der Waals surface area contributed by atoms with Gasteiger partial charge in [-0.05, 0) is 19.0 Å². The molecule has 0 bridgehead atoms. The summed E-state index contributed by atoms with van der Waals surface area (Å²) in [5.41, 5.74) is 1.09. The number of aliphatic hydroxyl groups is 1. The van der Waals surface area contributed by atoms with E-state index in [9.17, 15) is 9.90 Å². The lowest BCUT2D eigenvalue weighted by Crippen LogP contribution is -2.33. The van der Waals surface area contributed by atoms with Crippen molar-refractivity contribution in [3.05, 3.63) is 47.5 Å². The lowest BCUT2D eigenvalue weighted by atomic mass is 10.0. The quantitative estimate of drug-likeness (QED) is 0.822. The highest BCUT2D eigenvalue weighted by Crippen LogP contribution is 2.22. The van der Waals surface area contributed by atoms with Gasteiger partial charge in [-0.2, -0.15) is 0 Å². The van der Waals surface area contributed by atoms with E-state index in [2.05, 4.69) is 10.3 Å². The van der Waals surface area contributed by atoms with E-state index in [1.807, 2.05) is 47.7 Å². The van der Waals surface area contributed by atoms with Gasteiger partial charge in [0.15, 0.2) is 5.13 Å². The molecule has 0 spiro atoms. The summed E-state index contributed by atoms with van der Waals surface area (Å²) < 4.78 is 0. The average Bonchev–Trinajstić information content (AvgIpc) is 2.98. The van der Waals surface area contributed by atoms with Crippen LogP contribution in [-0.2, 0) is 4.79 Å². The van der Waals surface area contributed by atoms with Crippen molar-refractivity contribution in [2.45, 2.75) is 12.5 Å². The summed E-state index contributed by atoms with van der Waals surface area (Å²) in [6, 6.07) is 9.91. The smallest absolute Gasteiger partial charge is 0.240 e. The number of rotatable bonds is 7. The Bertz CT molecular complexity index is 545. The van der Waals surface area contributed by atoms with E-state index in [0.29, 0.717) is 11.6 Å². The second-order valence-corrected chi connectivity index (χ2v) is 5.63. The molecule has 21 heavy (non-hydrogen) atoms. The van der Waals surface area contributed by atoms with Crippen LogP contribution in [0.1, 0.15) is 18.0 Å². The standard InChI is InChI=1S/C15H19N3O2S/c1-18(11-14(20)17-15-16-8-10-21-15)13(7-9-19)12-5-3-2-4-6-12/h2-6,8,10,13,19H,7,9,11H2,1H3,(H,16,17,20). The van der Waals surface area contributed by atoms with E-state index < -0.39 is 0 Å². The summed E-state index contributed by atoms with van der Waals surface area (Å²) in [5.74, 6) is -0.105. The van der Waals surface area contributed by atoms with Crippen LogP contribution in [0.25, 0.3) is 0 Å². The molecule has 1 aromatic heterocycles. The molecule has 0 aliphatic carbocycles. The Hall–Kier alpha value is -1.76. The fraction of sp³-hybridized carbons (Fsp3) is 0.333. The maximum atomic E-state index is 12.0. The topological polar surface area (TPSA) is 65.5 Å². The number of nitrogens with zero attached hydrogens (tertiary/aromatic N) is 2. The molecule has 1 heterocycles. The molecule has 5 nitrogen and oxygen atoms in total. The molecule has 0 fully saturated rings. The molecule has 0 aliphatic rings. The third-order valence-electron chi connectivity index (χ3n) is 3.19. The SMILES string of the molecule is CN(CC(=O)Nc1nccs1)C(CCO)c1ccccc1. The van der Waals surface area contributed by atoms with Crippen LogP contribution < -0.4 is 5.32 Å². The summed E-state index contributed by atoms with van der Waals surface area (Å²) in [4.78, 5) is 18.0. The van der Waals surface area contributed by atoms with Crippen LogP contribution in [0.15, 0.2) is 41.9 Å². The second-order valence-electron chi connectivity index (χ2n) is 4.74. The molecule has 2 aromatic rings. The largest absolute Gasteiger partial charge is 0.396 e. The van der Waals surface area contributed by atoms with Crippen molar-refractivity contribution in [3.8, 4) is 0 Å². The molecule has 1 atom stereocenters. The first kappa shape index (κ1) is 15.6. The van der Waals surface area contributed by atoms with E-state index in [0.717, 1.165) is 5.56 Å². The molecule has 1 unspecified atom stereocenters. The molecule has 0 saturated heterocycles. The first-order valence-corrected chi connectivity index (χ1v) is 7.64. The summed E-state index contributed by atoms with van der Waals surface area (Å²) >= 11 is 1.39. The molecule has 0 radical (unpaired) electrons. The fourth-order valence-corrected chi connectivity index (χ4v) is 2.76. The van der Waals surface area contributed by atoms with E-state index in [4.69, 9.17) is 0 Å². The maximum Gasteiger partial charge on any atom is 0.240 e. The van der Waals surface area contributed by atoms with Crippen LogP contribution >= 0.6 is 11.3 Å². The van der Waals surface area contributed by atoms with Gasteiger partial charge in [-0.15, -0.1) is 11.3 Å². The lowest BCUT2D eigenvalue weighted by molar-refractivity contribution is -0.117. The van der Waals surface area contributed by atoms with Gasteiger partial charge in [0, 0.05) is 24.2 Å². The van der Waals surface area contributed by atoms with Crippen LogP contribution in [0.3, 0.4) is 0 Å². The van der Waals surface area contributed by atoms with Crippen molar-refractivity contribution in [2.75, 3.05) is 25.5 Å². The van der Waals surface area contributed by atoms with Gasteiger partial charge < -0.3 is 10.4 Å². The van der Waals surface area contributed by atoms with Gasteiger partial charge in [0.25, 0.3) is 0 Å². The molecular formula is C15H19N3O2S. The Kier molecular flexibility index (Phi) is 5.86. The Labute approximate surface area is 128 Å².